The summed E-state index contributed by atoms with van der Waals surface area (Å²) in [6, 6.07) is 0. The third-order valence-corrected chi connectivity index (χ3v) is 0.648. The molecule has 0 aliphatic rings. The summed E-state index contributed by atoms with van der Waals surface area (Å²) in [4.78, 5) is 7.30. The molecule has 0 aliphatic heterocycles. The van der Waals surface area contributed by atoms with Crippen LogP contribution < -0.4 is 0 Å². The van der Waals surface area contributed by atoms with Crippen molar-refractivity contribution in [3.05, 3.63) is 0 Å². The fourth-order valence-electron chi connectivity index (χ4n) is 0.128. The van der Waals surface area contributed by atoms with Crippen LogP contribution in [0.15, 0.2) is 0 Å². The zero-order valence-corrected chi connectivity index (χ0v) is 4.62. The van der Waals surface area contributed by atoms with Crippen LogP contribution in [0, 0.1) is 0 Å². The molecule has 0 heterocycles. The molecule has 0 saturated carbocycles. The lowest BCUT2D eigenvalue weighted by Gasteiger charge is -2.04. The Morgan fingerprint density at radius 3 is 1.78 bits per heavy atom. The van der Waals surface area contributed by atoms with Crippen molar-refractivity contribution >= 4 is 7.91 Å². The van der Waals surface area contributed by atoms with Crippen LogP contribution in [0.2, 0.25) is 0 Å². The van der Waals surface area contributed by atoms with Gasteiger partial charge in [0.1, 0.15) is 0 Å². The minimum absolute atomic E-state index is 2.07. The van der Waals surface area contributed by atoms with Crippen molar-refractivity contribution in [2.45, 2.75) is 6.36 Å². The second kappa shape index (κ2) is 2.24. The van der Waals surface area contributed by atoms with E-state index >= 15 is 0 Å². The maximum absolute atomic E-state index is 11.1. The van der Waals surface area contributed by atoms with Gasteiger partial charge < -0.3 is 0 Å². The van der Waals surface area contributed by atoms with E-state index in [9.17, 15) is 21.9 Å². The Balaban J connectivity index is 3.90. The molecule has 1 unspecified atom stereocenters. The Morgan fingerprint density at radius 2 is 1.78 bits per heavy atom. The van der Waals surface area contributed by atoms with Gasteiger partial charge in [0.05, 0.1) is 0 Å². The summed E-state index contributed by atoms with van der Waals surface area (Å²) in [6.07, 6.45) is -5.40. The molecular formula is CHF4O3P. The lowest BCUT2D eigenvalue weighted by Crippen LogP contribution is -2.09. The van der Waals surface area contributed by atoms with Gasteiger partial charge in [-0.05, 0) is 0 Å². The highest BCUT2D eigenvalue weighted by Crippen LogP contribution is 2.48. The van der Waals surface area contributed by atoms with Crippen LogP contribution in [0.3, 0.4) is 0 Å². The molecule has 0 radical (unpaired) electrons. The molecule has 0 aromatic heterocycles. The van der Waals surface area contributed by atoms with Crippen molar-refractivity contribution in [2.24, 2.45) is 0 Å². The monoisotopic (exact) mass is 168 g/mol. The molecule has 0 aliphatic carbocycles. The Hall–Kier alpha value is -0.130. The second-order valence-electron chi connectivity index (χ2n) is 0.988. The molecule has 56 valence electrons. The van der Waals surface area contributed by atoms with Gasteiger partial charge in [0, 0.05) is 0 Å². The van der Waals surface area contributed by atoms with Gasteiger partial charge in [-0.25, -0.2) is 4.57 Å². The van der Waals surface area contributed by atoms with Crippen molar-refractivity contribution in [2.75, 3.05) is 0 Å². The molecular weight excluding hydrogens is 167 g/mol. The van der Waals surface area contributed by atoms with Crippen LogP contribution in [0.5, 0.6) is 0 Å². The Morgan fingerprint density at radius 1 is 1.44 bits per heavy atom. The summed E-state index contributed by atoms with van der Waals surface area (Å²) in [5, 5.41) is 0. The summed E-state index contributed by atoms with van der Waals surface area (Å²) in [7, 11) is -5.91. The molecule has 1 atom stereocenters. The van der Waals surface area contributed by atoms with Crippen molar-refractivity contribution < 1.29 is 31.4 Å². The van der Waals surface area contributed by atoms with Gasteiger partial charge in [0.2, 0.25) is 0 Å². The molecule has 0 fully saturated rings. The van der Waals surface area contributed by atoms with E-state index in [4.69, 9.17) is 4.89 Å². The SMILES string of the molecule is O=P(O)(F)OC(F)(F)F. The first kappa shape index (κ1) is 8.87. The topological polar surface area (TPSA) is 46.5 Å². The van der Waals surface area contributed by atoms with Gasteiger partial charge in [0.15, 0.2) is 0 Å². The first-order valence-electron chi connectivity index (χ1n) is 1.51. The summed E-state index contributed by atoms with van der Waals surface area (Å²) in [5.74, 6) is 0. The van der Waals surface area contributed by atoms with Gasteiger partial charge in [-0.1, -0.05) is 0 Å². The number of hydrogen-bond acceptors (Lipinski definition) is 2. The summed E-state index contributed by atoms with van der Waals surface area (Å²) in [6.45, 7) is 0. The zero-order valence-electron chi connectivity index (χ0n) is 3.72. The largest absolute Gasteiger partial charge is 0.531 e. The molecule has 1 N–H and O–H groups in total. The van der Waals surface area contributed by atoms with Gasteiger partial charge in [0.25, 0.3) is 0 Å². The maximum atomic E-state index is 11.1. The molecule has 0 saturated heterocycles. The molecule has 0 rings (SSSR count). The Labute approximate surface area is 46.9 Å². The standard InChI is InChI=1S/CHF4O3P/c2-1(3,4)8-9(5,6)7/h(H,6,7). The Bertz CT molecular complexity index is 133. The highest BCUT2D eigenvalue weighted by Gasteiger charge is 2.39. The van der Waals surface area contributed by atoms with E-state index in [0.717, 1.165) is 0 Å². The first-order chi connectivity index (χ1) is 3.71. The number of hydrogen-bond donors (Lipinski definition) is 1. The molecule has 0 aromatic carbocycles. The molecule has 8 heteroatoms. The fourth-order valence-corrected chi connectivity index (χ4v) is 0.383. The second-order valence-corrected chi connectivity index (χ2v) is 2.07. The third-order valence-electron chi connectivity index (χ3n) is 0.216. The molecule has 0 bridgehead atoms. The highest BCUT2D eigenvalue weighted by molar-refractivity contribution is 7.46. The van der Waals surface area contributed by atoms with E-state index in [-0.39, 0.29) is 0 Å². The van der Waals surface area contributed by atoms with Crippen molar-refractivity contribution in [3.63, 3.8) is 0 Å². The van der Waals surface area contributed by atoms with E-state index in [2.05, 4.69) is 4.52 Å². The van der Waals surface area contributed by atoms with Crippen molar-refractivity contribution in [1.82, 2.24) is 0 Å². The third kappa shape index (κ3) is 7.87. The summed E-state index contributed by atoms with van der Waals surface area (Å²) in [5.41, 5.74) is 0. The first-order valence-corrected chi connectivity index (χ1v) is 2.97. The van der Waals surface area contributed by atoms with Gasteiger partial charge in [-0.3, -0.25) is 4.89 Å². The van der Waals surface area contributed by atoms with Gasteiger partial charge in [-0.15, -0.1) is 17.4 Å². The van der Waals surface area contributed by atoms with Crippen molar-refractivity contribution in [3.8, 4) is 0 Å². The van der Waals surface area contributed by atoms with Gasteiger partial charge in [-0.2, -0.15) is 4.52 Å². The van der Waals surface area contributed by atoms with Crippen LogP contribution in [0.4, 0.5) is 17.4 Å². The van der Waals surface area contributed by atoms with E-state index in [1.807, 2.05) is 0 Å². The van der Waals surface area contributed by atoms with E-state index in [0.29, 0.717) is 0 Å². The quantitative estimate of drug-likeness (QED) is 0.477. The highest BCUT2D eigenvalue weighted by atomic mass is 31.2. The number of halogens is 4. The molecule has 0 aromatic rings. The van der Waals surface area contributed by atoms with Crippen LogP contribution in [0.25, 0.3) is 0 Å². The summed E-state index contributed by atoms with van der Waals surface area (Å²) >= 11 is 0. The predicted molar refractivity (Wildman–Crippen MR) is 18.1 cm³/mol. The lowest BCUT2D eigenvalue weighted by atomic mass is 11.4. The minimum Gasteiger partial charge on any atom is -0.299 e. The van der Waals surface area contributed by atoms with Crippen LogP contribution in [0.1, 0.15) is 0 Å². The maximum Gasteiger partial charge on any atom is 0.531 e. The molecule has 0 spiro atoms. The number of alkyl halides is 3. The minimum atomic E-state index is -5.91. The van der Waals surface area contributed by atoms with Crippen molar-refractivity contribution in [1.29, 1.82) is 0 Å². The average Bonchev–Trinajstić information content (AvgIpc) is 1.14. The molecule has 3 nitrogen and oxygen atoms in total. The Kier molecular flexibility index (Phi) is 2.21. The van der Waals surface area contributed by atoms with Crippen LogP contribution in [-0.4, -0.2) is 11.3 Å². The fraction of sp³-hybridized carbons (Fsp3) is 1.00. The zero-order chi connectivity index (χ0) is 7.71. The normalized spacial score (nSPS) is 19.2. The van der Waals surface area contributed by atoms with Crippen LogP contribution in [-0.2, 0) is 9.09 Å². The van der Waals surface area contributed by atoms with Crippen LogP contribution >= 0.6 is 7.91 Å². The van der Waals surface area contributed by atoms with E-state index in [1.165, 1.54) is 0 Å². The van der Waals surface area contributed by atoms with Gasteiger partial charge >= 0.3 is 14.3 Å². The number of rotatable bonds is 1. The predicted octanol–water partition coefficient (Wildman–Crippen LogP) is 1.59. The summed E-state index contributed by atoms with van der Waals surface area (Å²) < 4.78 is 54.6. The van der Waals surface area contributed by atoms with E-state index < -0.39 is 14.3 Å². The molecule has 9 heavy (non-hydrogen) atoms. The average molecular weight is 168 g/mol. The lowest BCUT2D eigenvalue weighted by molar-refractivity contribution is -0.280. The molecule has 0 amide bonds. The smallest absolute Gasteiger partial charge is 0.299 e. The van der Waals surface area contributed by atoms with E-state index in [1.54, 1.807) is 0 Å².